The van der Waals surface area contributed by atoms with Gasteiger partial charge >= 0.3 is 0 Å². The minimum absolute atomic E-state index is 0.0538. The lowest BCUT2D eigenvalue weighted by Gasteiger charge is -2.63. The summed E-state index contributed by atoms with van der Waals surface area (Å²) in [5.74, 6) is 5.38. The van der Waals surface area contributed by atoms with Crippen LogP contribution in [0.2, 0.25) is 0 Å². The van der Waals surface area contributed by atoms with E-state index in [0.717, 1.165) is 23.3 Å². The Balaban J connectivity index is 1.07. The molecule has 0 aromatic heterocycles. The Morgan fingerprint density at radius 3 is 1.52 bits per heavy atom. The van der Waals surface area contributed by atoms with Gasteiger partial charge in [0.05, 0.1) is 5.41 Å². The van der Waals surface area contributed by atoms with Crippen LogP contribution in [0.25, 0.3) is 33.4 Å². The lowest BCUT2D eigenvalue weighted by atomic mass is 9.41. The number of fused-ring (bicyclic) bond motifs is 12. The lowest BCUT2D eigenvalue weighted by molar-refractivity contribution is -0.0452. The van der Waals surface area contributed by atoms with Gasteiger partial charge in [-0.2, -0.15) is 0 Å². The van der Waals surface area contributed by atoms with Crippen molar-refractivity contribution in [1.29, 1.82) is 0 Å². The van der Waals surface area contributed by atoms with Crippen LogP contribution in [0.3, 0.4) is 0 Å². The monoisotopic (exact) mass is 616 g/mol. The zero-order valence-corrected chi connectivity index (χ0v) is 27.0. The van der Waals surface area contributed by atoms with E-state index >= 15 is 0 Å². The van der Waals surface area contributed by atoms with Crippen LogP contribution in [0.4, 0.5) is 0 Å². The van der Waals surface area contributed by atoms with Gasteiger partial charge in [0.15, 0.2) is 0 Å². The van der Waals surface area contributed by atoms with Crippen molar-refractivity contribution in [3.8, 4) is 44.9 Å². The molecular weight excluding hydrogens is 581 g/mol. The van der Waals surface area contributed by atoms with E-state index < -0.39 is 0 Å². The molecule has 0 radical (unpaired) electrons. The predicted octanol–water partition coefficient (Wildman–Crippen LogP) is 11.5. The van der Waals surface area contributed by atoms with Gasteiger partial charge < -0.3 is 4.74 Å². The molecule has 0 unspecified atom stereocenters. The SMILES string of the molecule is c1ccc2c(c1)Oc1ccc(-c3ccc4c(c3)-c3ccccc3C43c4ccccc4-c4ccccc43)cc1C21C2CC3CC(C2)CC1C3. The molecular formula is C47H36O. The van der Waals surface area contributed by atoms with Gasteiger partial charge in [0.2, 0.25) is 0 Å². The average molecular weight is 617 g/mol. The van der Waals surface area contributed by atoms with Crippen molar-refractivity contribution in [3.05, 3.63) is 167 Å². The van der Waals surface area contributed by atoms with E-state index in [1.165, 1.54) is 98.9 Å². The van der Waals surface area contributed by atoms with E-state index in [4.69, 9.17) is 4.74 Å². The maximum absolute atomic E-state index is 6.75. The molecule has 0 saturated heterocycles. The largest absolute Gasteiger partial charge is 0.457 e. The topological polar surface area (TPSA) is 9.23 Å². The lowest BCUT2D eigenvalue weighted by Crippen LogP contribution is -2.56. The van der Waals surface area contributed by atoms with Crippen LogP contribution in [0.5, 0.6) is 11.5 Å². The third-order valence-corrected chi connectivity index (χ3v) is 13.7. The second-order valence-electron chi connectivity index (χ2n) is 15.6. The number of rotatable bonds is 1. The highest BCUT2D eigenvalue weighted by Gasteiger charge is 2.61. The number of para-hydroxylation sites is 1. The molecule has 0 amide bonds. The van der Waals surface area contributed by atoms with E-state index in [0.29, 0.717) is 11.8 Å². The van der Waals surface area contributed by atoms with Crippen LogP contribution in [0.1, 0.15) is 65.5 Å². The van der Waals surface area contributed by atoms with Gasteiger partial charge in [-0.15, -0.1) is 0 Å². The molecule has 6 aliphatic carbocycles. The number of hydrogen-bond donors (Lipinski definition) is 0. The molecule has 6 aromatic rings. The molecule has 4 saturated carbocycles. The molecule has 48 heavy (non-hydrogen) atoms. The second kappa shape index (κ2) is 8.97. The molecule has 230 valence electrons. The van der Waals surface area contributed by atoms with Gasteiger partial charge in [-0.1, -0.05) is 109 Å². The molecule has 1 heteroatoms. The predicted molar refractivity (Wildman–Crippen MR) is 193 cm³/mol. The van der Waals surface area contributed by atoms with Gasteiger partial charge in [0.1, 0.15) is 11.5 Å². The van der Waals surface area contributed by atoms with Crippen LogP contribution in [0, 0.1) is 23.7 Å². The van der Waals surface area contributed by atoms with Gasteiger partial charge in [0, 0.05) is 16.5 Å². The standard InChI is InChI=1S/C47H36O/c1-4-12-38-34(9-1)35-10-2-5-13-39(35)47(38)40-14-6-3-11-36(40)37-26-30(17-19-41(37)47)31-18-20-45-43(27-31)46(42-15-7-8-16-44(42)48-45)32-22-28-21-29(24-32)25-33(46)23-28/h1-20,26-29,32-33H,21-25H2. The normalized spacial score (nSPS) is 26.8. The molecule has 1 heterocycles. The molecule has 1 aliphatic heterocycles. The second-order valence-corrected chi connectivity index (χ2v) is 15.6. The third-order valence-electron chi connectivity index (χ3n) is 13.7. The summed E-state index contributed by atoms with van der Waals surface area (Å²) in [7, 11) is 0. The molecule has 0 N–H and O–H groups in total. The van der Waals surface area contributed by atoms with Crippen molar-refractivity contribution in [1.82, 2.24) is 0 Å². The molecule has 6 aromatic carbocycles. The van der Waals surface area contributed by atoms with Crippen LogP contribution in [-0.2, 0) is 10.8 Å². The Labute approximate surface area is 282 Å². The first-order valence-electron chi connectivity index (χ1n) is 18.1. The fourth-order valence-corrected chi connectivity index (χ4v) is 12.4. The molecule has 0 atom stereocenters. The summed E-state index contributed by atoms with van der Waals surface area (Å²) in [6.07, 6.45) is 6.93. The molecule has 2 spiro atoms. The fraction of sp³-hybridized carbons (Fsp3) is 0.234. The number of benzene rings is 6. The molecule has 7 aliphatic rings. The quantitative estimate of drug-likeness (QED) is 0.178. The summed E-state index contributed by atoms with van der Waals surface area (Å²) in [4.78, 5) is 0. The average Bonchev–Trinajstić information content (AvgIpc) is 3.60. The van der Waals surface area contributed by atoms with E-state index in [2.05, 4.69) is 133 Å². The van der Waals surface area contributed by atoms with Gasteiger partial charge in [-0.3, -0.25) is 0 Å². The van der Waals surface area contributed by atoms with Crippen molar-refractivity contribution in [3.63, 3.8) is 0 Å². The minimum Gasteiger partial charge on any atom is -0.457 e. The summed E-state index contributed by atoms with van der Waals surface area (Å²) in [5.41, 5.74) is 16.3. The Morgan fingerprint density at radius 2 is 0.875 bits per heavy atom. The first-order valence-corrected chi connectivity index (χ1v) is 18.1. The highest BCUT2D eigenvalue weighted by atomic mass is 16.5. The summed E-state index contributed by atoms with van der Waals surface area (Å²) in [5, 5.41) is 0. The first kappa shape index (κ1) is 26.1. The Kier molecular flexibility index (Phi) is 4.88. The van der Waals surface area contributed by atoms with Crippen molar-refractivity contribution in [2.75, 3.05) is 0 Å². The molecule has 1 nitrogen and oxygen atoms in total. The zero-order chi connectivity index (χ0) is 31.2. The highest BCUT2D eigenvalue weighted by Crippen LogP contribution is 2.69. The Morgan fingerprint density at radius 1 is 0.396 bits per heavy atom. The maximum Gasteiger partial charge on any atom is 0.131 e. The fourth-order valence-electron chi connectivity index (χ4n) is 12.4. The summed E-state index contributed by atoms with van der Waals surface area (Å²) in [6, 6.07) is 50.8. The van der Waals surface area contributed by atoms with Crippen molar-refractivity contribution < 1.29 is 4.74 Å². The highest BCUT2D eigenvalue weighted by molar-refractivity contribution is 5.96. The van der Waals surface area contributed by atoms with Gasteiger partial charge in [0.25, 0.3) is 0 Å². The summed E-state index contributed by atoms with van der Waals surface area (Å²) in [6.45, 7) is 0. The Bertz CT molecular complexity index is 2280. The molecule has 13 rings (SSSR count). The maximum atomic E-state index is 6.75. The van der Waals surface area contributed by atoms with Crippen molar-refractivity contribution in [2.24, 2.45) is 23.7 Å². The summed E-state index contributed by atoms with van der Waals surface area (Å²) < 4.78 is 6.75. The van der Waals surface area contributed by atoms with Crippen LogP contribution >= 0.6 is 0 Å². The van der Waals surface area contributed by atoms with E-state index in [1.807, 2.05) is 0 Å². The third kappa shape index (κ3) is 2.98. The van der Waals surface area contributed by atoms with Gasteiger partial charge in [-0.05, 0) is 136 Å². The molecule has 4 bridgehead atoms. The number of ether oxygens (including phenoxy) is 1. The van der Waals surface area contributed by atoms with E-state index in [-0.39, 0.29) is 10.8 Å². The smallest absolute Gasteiger partial charge is 0.131 e. The van der Waals surface area contributed by atoms with Gasteiger partial charge in [-0.25, -0.2) is 0 Å². The van der Waals surface area contributed by atoms with E-state index in [1.54, 1.807) is 0 Å². The minimum atomic E-state index is -0.296. The Hall–Kier alpha value is -4.88. The van der Waals surface area contributed by atoms with Crippen molar-refractivity contribution in [2.45, 2.75) is 42.9 Å². The van der Waals surface area contributed by atoms with Crippen molar-refractivity contribution >= 4 is 0 Å². The zero-order valence-electron chi connectivity index (χ0n) is 27.0. The molecule has 4 fully saturated rings. The first-order chi connectivity index (χ1) is 23.7. The van der Waals surface area contributed by atoms with Crippen LogP contribution in [0.15, 0.2) is 133 Å². The number of hydrogen-bond acceptors (Lipinski definition) is 1. The van der Waals surface area contributed by atoms with Crippen LogP contribution < -0.4 is 4.74 Å². The van der Waals surface area contributed by atoms with Crippen LogP contribution in [-0.4, -0.2) is 0 Å². The summed E-state index contributed by atoms with van der Waals surface area (Å²) >= 11 is 0. The van der Waals surface area contributed by atoms with E-state index in [9.17, 15) is 0 Å².